The molecular formula is C28H40N2O3S. The molecule has 0 N–H and O–H groups in total. The van der Waals surface area contributed by atoms with Gasteiger partial charge >= 0.3 is 0 Å². The van der Waals surface area contributed by atoms with Gasteiger partial charge in [0.2, 0.25) is 6.41 Å². The number of amidine groups is 1. The number of hydrogen-bond acceptors (Lipinski definition) is 5. The van der Waals surface area contributed by atoms with Gasteiger partial charge in [0.25, 0.3) is 0 Å². The number of aliphatic imine (C=N–C) groups is 1. The number of hydrogen-bond donors (Lipinski definition) is 0. The first kappa shape index (κ1) is 24.2. The molecule has 0 radical (unpaired) electrons. The lowest BCUT2D eigenvalue weighted by molar-refractivity contribution is -0.113. The van der Waals surface area contributed by atoms with Crippen LogP contribution in [0.15, 0.2) is 23.2 Å². The van der Waals surface area contributed by atoms with E-state index in [0.29, 0.717) is 6.10 Å². The van der Waals surface area contributed by atoms with Gasteiger partial charge in [-0.15, -0.1) is 0 Å². The van der Waals surface area contributed by atoms with Crippen molar-refractivity contribution in [3.8, 4) is 5.75 Å². The summed E-state index contributed by atoms with van der Waals surface area (Å²) in [6.07, 6.45) is 14.5. The third-order valence-corrected chi connectivity index (χ3v) is 9.53. The van der Waals surface area contributed by atoms with E-state index in [4.69, 9.17) is 14.5 Å². The molecule has 1 unspecified atom stereocenters. The van der Waals surface area contributed by atoms with Crippen molar-refractivity contribution in [3.63, 3.8) is 0 Å². The largest absolute Gasteiger partial charge is 0.494 e. The molecule has 4 aliphatic carbocycles. The number of benzene rings is 1. The predicted octanol–water partition coefficient (Wildman–Crippen LogP) is 6.02. The summed E-state index contributed by atoms with van der Waals surface area (Å²) in [7, 11) is 3.68. The van der Waals surface area contributed by atoms with Crippen molar-refractivity contribution < 1.29 is 14.3 Å². The van der Waals surface area contributed by atoms with Crippen LogP contribution in [0.4, 0.5) is 0 Å². The van der Waals surface area contributed by atoms with Gasteiger partial charge in [-0.25, -0.2) is 0 Å². The van der Waals surface area contributed by atoms with Crippen LogP contribution in [0.25, 0.3) is 0 Å². The summed E-state index contributed by atoms with van der Waals surface area (Å²) in [4.78, 5) is 18.8. The van der Waals surface area contributed by atoms with Gasteiger partial charge in [-0.1, -0.05) is 43.5 Å². The maximum atomic E-state index is 11.8. The summed E-state index contributed by atoms with van der Waals surface area (Å²) < 4.78 is 11.9. The normalized spacial score (nSPS) is 28.7. The van der Waals surface area contributed by atoms with Crippen LogP contribution < -0.4 is 4.74 Å². The summed E-state index contributed by atoms with van der Waals surface area (Å²) in [5.41, 5.74) is 2.81. The molecule has 1 atom stereocenters. The summed E-state index contributed by atoms with van der Waals surface area (Å²) in [6, 6.07) is 6.74. The molecule has 3 fully saturated rings. The Morgan fingerprint density at radius 3 is 2.56 bits per heavy atom. The average molecular weight is 485 g/mol. The van der Waals surface area contributed by atoms with Crippen molar-refractivity contribution in [1.29, 1.82) is 0 Å². The zero-order valence-electron chi connectivity index (χ0n) is 20.8. The molecule has 186 valence electrons. The molecule has 0 saturated heterocycles. The van der Waals surface area contributed by atoms with Crippen LogP contribution in [0, 0.1) is 17.3 Å². The monoisotopic (exact) mass is 484 g/mol. The molecule has 3 saturated carbocycles. The number of thioether (sulfide) groups is 1. The van der Waals surface area contributed by atoms with E-state index in [1.165, 1.54) is 43.2 Å². The van der Waals surface area contributed by atoms with Gasteiger partial charge in [0.05, 0.1) is 18.8 Å². The number of carbonyl (C=O) groups is 1. The van der Waals surface area contributed by atoms with Crippen LogP contribution in [0.2, 0.25) is 0 Å². The Morgan fingerprint density at radius 1 is 1.15 bits per heavy atom. The molecule has 0 aliphatic heterocycles. The van der Waals surface area contributed by atoms with Crippen LogP contribution in [0.5, 0.6) is 5.75 Å². The van der Waals surface area contributed by atoms with Gasteiger partial charge in [0.1, 0.15) is 5.75 Å². The Bertz CT molecular complexity index is 888. The zero-order valence-corrected chi connectivity index (χ0v) is 21.7. The molecule has 4 aliphatic rings. The van der Waals surface area contributed by atoms with Crippen molar-refractivity contribution in [1.82, 2.24) is 4.90 Å². The fourth-order valence-corrected chi connectivity index (χ4v) is 6.86. The standard InChI is InChI=1S/C28H40N2O3S/c1-30(19-31)27(34-16-12-21-5-6-21)29-26-25-17-24(33-15-11-20-3-4-20)8-7-22(25)18-28(26)13-9-23(32-2)10-14-28/h7-8,17,19-21,23,26H,3-6,9-16,18H2,1-2H3/b29-27+. The highest BCUT2D eigenvalue weighted by molar-refractivity contribution is 8.13. The van der Waals surface area contributed by atoms with Crippen LogP contribution >= 0.6 is 11.8 Å². The molecule has 0 aromatic heterocycles. The Labute approximate surface area is 209 Å². The molecule has 34 heavy (non-hydrogen) atoms. The SMILES string of the molecule is COC1CCC2(CC1)Cc1ccc(OCCC3CC3)cc1C2/N=C(/SCCC1CC1)N(C)C=O. The van der Waals surface area contributed by atoms with E-state index in [2.05, 4.69) is 18.2 Å². The molecule has 5 rings (SSSR count). The summed E-state index contributed by atoms with van der Waals surface area (Å²) in [5, 5.41) is 0.863. The highest BCUT2D eigenvalue weighted by atomic mass is 32.2. The lowest BCUT2D eigenvalue weighted by Gasteiger charge is -2.40. The van der Waals surface area contributed by atoms with E-state index in [9.17, 15) is 4.79 Å². The summed E-state index contributed by atoms with van der Waals surface area (Å²) >= 11 is 1.75. The van der Waals surface area contributed by atoms with Gasteiger partial charge in [0, 0.05) is 25.3 Å². The number of amides is 1. The topological polar surface area (TPSA) is 51.1 Å². The van der Waals surface area contributed by atoms with E-state index in [0.717, 1.165) is 80.0 Å². The van der Waals surface area contributed by atoms with Crippen LogP contribution in [0.1, 0.15) is 81.4 Å². The van der Waals surface area contributed by atoms with E-state index in [-0.39, 0.29) is 11.5 Å². The molecule has 1 aromatic rings. The molecule has 5 nitrogen and oxygen atoms in total. The second-order valence-corrected chi connectivity index (χ2v) is 12.1. The lowest BCUT2D eigenvalue weighted by Crippen LogP contribution is -2.34. The fraction of sp³-hybridized carbons (Fsp3) is 0.714. The highest BCUT2D eigenvalue weighted by Crippen LogP contribution is 2.57. The number of methoxy groups -OCH3 is 1. The first-order valence-electron chi connectivity index (χ1n) is 13.3. The first-order chi connectivity index (χ1) is 16.6. The second kappa shape index (κ2) is 10.6. The first-order valence-corrected chi connectivity index (χ1v) is 14.3. The second-order valence-electron chi connectivity index (χ2n) is 11.0. The lowest BCUT2D eigenvalue weighted by atomic mass is 9.69. The summed E-state index contributed by atoms with van der Waals surface area (Å²) in [6.45, 7) is 0.800. The quantitative estimate of drug-likeness (QED) is 0.232. The van der Waals surface area contributed by atoms with Gasteiger partial charge in [-0.05, 0) is 80.0 Å². The van der Waals surface area contributed by atoms with Gasteiger partial charge < -0.3 is 9.47 Å². The molecule has 1 aromatic carbocycles. The van der Waals surface area contributed by atoms with Crippen LogP contribution in [-0.4, -0.2) is 49.1 Å². The van der Waals surface area contributed by atoms with E-state index >= 15 is 0 Å². The third-order valence-electron chi connectivity index (χ3n) is 8.44. The minimum absolute atomic E-state index is 0.0677. The van der Waals surface area contributed by atoms with Crippen molar-refractivity contribution in [2.75, 3.05) is 26.5 Å². The fourth-order valence-electron chi connectivity index (χ4n) is 5.80. The Balaban J connectivity index is 1.40. The van der Waals surface area contributed by atoms with Crippen molar-refractivity contribution >= 4 is 23.3 Å². The molecular weight excluding hydrogens is 444 g/mol. The third kappa shape index (κ3) is 5.64. The average Bonchev–Trinajstić information content (AvgIpc) is 3.79. The number of fused-ring (bicyclic) bond motifs is 1. The van der Waals surface area contributed by atoms with E-state index < -0.39 is 0 Å². The molecule has 1 spiro atoms. The van der Waals surface area contributed by atoms with E-state index in [1.807, 2.05) is 14.2 Å². The minimum Gasteiger partial charge on any atom is -0.494 e. The Hall–Kier alpha value is -1.53. The Morgan fingerprint density at radius 2 is 1.88 bits per heavy atom. The Kier molecular flexibility index (Phi) is 7.55. The number of carbonyl (C=O) groups excluding carboxylic acids is 1. The van der Waals surface area contributed by atoms with Gasteiger partial charge in [0.15, 0.2) is 5.17 Å². The predicted molar refractivity (Wildman–Crippen MR) is 138 cm³/mol. The summed E-state index contributed by atoms with van der Waals surface area (Å²) in [5.74, 6) is 3.76. The van der Waals surface area contributed by atoms with Crippen LogP contribution in [-0.2, 0) is 16.0 Å². The maximum Gasteiger partial charge on any atom is 0.215 e. The van der Waals surface area contributed by atoms with Crippen molar-refractivity contribution in [3.05, 3.63) is 29.3 Å². The molecule has 0 bridgehead atoms. The number of ether oxygens (including phenoxy) is 2. The number of nitrogens with zero attached hydrogens (tertiary/aromatic N) is 2. The van der Waals surface area contributed by atoms with Crippen molar-refractivity contribution in [2.24, 2.45) is 22.2 Å². The molecule has 1 amide bonds. The van der Waals surface area contributed by atoms with Crippen molar-refractivity contribution in [2.45, 2.75) is 82.8 Å². The van der Waals surface area contributed by atoms with Gasteiger partial charge in [-0.2, -0.15) is 0 Å². The zero-order chi connectivity index (χ0) is 23.5. The highest BCUT2D eigenvalue weighted by Gasteiger charge is 2.48. The van der Waals surface area contributed by atoms with E-state index in [1.54, 1.807) is 16.7 Å². The minimum atomic E-state index is 0.0677. The molecule has 0 heterocycles. The van der Waals surface area contributed by atoms with Gasteiger partial charge in [-0.3, -0.25) is 14.7 Å². The molecule has 6 heteroatoms. The maximum absolute atomic E-state index is 11.8. The number of rotatable bonds is 10. The smallest absolute Gasteiger partial charge is 0.215 e. The van der Waals surface area contributed by atoms with Crippen LogP contribution in [0.3, 0.4) is 0 Å².